The van der Waals surface area contributed by atoms with E-state index in [2.05, 4.69) is 25.9 Å². The molecule has 0 amide bonds. The summed E-state index contributed by atoms with van der Waals surface area (Å²) in [5.41, 5.74) is 9.94. The lowest BCUT2D eigenvalue weighted by molar-refractivity contribution is 0.122. The highest BCUT2D eigenvalue weighted by atomic mass is 16.5. The molecule has 0 aliphatic carbocycles. The number of hydrogen-bond donors (Lipinski definition) is 2. The third-order valence-corrected chi connectivity index (χ3v) is 3.96. The number of ether oxygens (including phenoxy) is 1. The van der Waals surface area contributed by atoms with Crippen LogP contribution in [0.3, 0.4) is 0 Å². The standard InChI is InChI=1S/C16H17N5O/c17-16-8-11(21-3-5-22-6-4-21)7-14(20-16)13-9-18-10-15-12(13)1-2-19-15/h1-2,7-10,19H,3-6H2,(H2,17,20). The summed E-state index contributed by atoms with van der Waals surface area (Å²) in [6, 6.07) is 6.02. The smallest absolute Gasteiger partial charge is 0.126 e. The van der Waals surface area contributed by atoms with Gasteiger partial charge in [-0.2, -0.15) is 0 Å². The second-order valence-electron chi connectivity index (χ2n) is 5.36. The summed E-state index contributed by atoms with van der Waals surface area (Å²) >= 11 is 0. The Morgan fingerprint density at radius 2 is 2.05 bits per heavy atom. The van der Waals surface area contributed by atoms with Crippen molar-refractivity contribution in [3.63, 3.8) is 0 Å². The second-order valence-corrected chi connectivity index (χ2v) is 5.36. The van der Waals surface area contributed by atoms with Gasteiger partial charge in [0.05, 0.1) is 30.6 Å². The maximum absolute atomic E-state index is 6.03. The van der Waals surface area contributed by atoms with Gasteiger partial charge < -0.3 is 20.4 Å². The summed E-state index contributed by atoms with van der Waals surface area (Å²) < 4.78 is 5.41. The molecular formula is C16H17N5O. The highest BCUT2D eigenvalue weighted by molar-refractivity contribution is 5.93. The molecule has 0 unspecified atom stereocenters. The fourth-order valence-electron chi connectivity index (χ4n) is 2.86. The van der Waals surface area contributed by atoms with E-state index in [9.17, 15) is 0 Å². The van der Waals surface area contributed by atoms with Gasteiger partial charge >= 0.3 is 0 Å². The molecule has 6 heteroatoms. The molecule has 0 aromatic carbocycles. The van der Waals surface area contributed by atoms with Crippen LogP contribution in [0.5, 0.6) is 0 Å². The Morgan fingerprint density at radius 3 is 2.91 bits per heavy atom. The van der Waals surface area contributed by atoms with E-state index in [1.54, 1.807) is 0 Å². The number of fused-ring (bicyclic) bond motifs is 1. The molecule has 22 heavy (non-hydrogen) atoms. The summed E-state index contributed by atoms with van der Waals surface area (Å²) in [4.78, 5) is 14.2. The lowest BCUT2D eigenvalue weighted by atomic mass is 10.1. The van der Waals surface area contributed by atoms with E-state index in [0.717, 1.165) is 54.2 Å². The topological polar surface area (TPSA) is 80.1 Å². The molecule has 3 N–H and O–H groups in total. The zero-order valence-electron chi connectivity index (χ0n) is 12.1. The van der Waals surface area contributed by atoms with Crippen LogP contribution in [0.2, 0.25) is 0 Å². The van der Waals surface area contributed by atoms with E-state index in [4.69, 9.17) is 10.5 Å². The number of morpholine rings is 1. The molecule has 0 radical (unpaired) electrons. The SMILES string of the molecule is Nc1cc(N2CCOCC2)cc(-c2cncc3[nH]ccc23)n1. The minimum atomic E-state index is 0.520. The van der Waals surface area contributed by atoms with Gasteiger partial charge in [-0.15, -0.1) is 0 Å². The van der Waals surface area contributed by atoms with Gasteiger partial charge in [0, 0.05) is 48.2 Å². The van der Waals surface area contributed by atoms with Crippen molar-refractivity contribution < 1.29 is 4.74 Å². The molecule has 0 saturated carbocycles. The zero-order chi connectivity index (χ0) is 14.9. The number of nitrogens with one attached hydrogen (secondary N) is 1. The van der Waals surface area contributed by atoms with Gasteiger partial charge in [0.1, 0.15) is 5.82 Å². The summed E-state index contributed by atoms with van der Waals surface area (Å²) in [5, 5.41) is 1.10. The molecule has 0 bridgehead atoms. The lowest BCUT2D eigenvalue weighted by Gasteiger charge is -2.29. The molecule has 1 saturated heterocycles. The molecule has 3 aromatic rings. The highest BCUT2D eigenvalue weighted by Gasteiger charge is 2.15. The lowest BCUT2D eigenvalue weighted by Crippen LogP contribution is -2.36. The van der Waals surface area contributed by atoms with Crippen LogP contribution in [-0.2, 0) is 4.74 Å². The van der Waals surface area contributed by atoms with Crippen molar-refractivity contribution in [2.75, 3.05) is 36.9 Å². The first-order valence-corrected chi connectivity index (χ1v) is 7.33. The molecule has 0 spiro atoms. The number of nitrogens with two attached hydrogens (primary N) is 1. The Morgan fingerprint density at radius 1 is 1.18 bits per heavy atom. The summed E-state index contributed by atoms with van der Waals surface area (Å²) in [5.74, 6) is 0.520. The number of aromatic nitrogens is 3. The van der Waals surface area contributed by atoms with Crippen LogP contribution >= 0.6 is 0 Å². The first kappa shape index (κ1) is 13.1. The van der Waals surface area contributed by atoms with Crippen LogP contribution < -0.4 is 10.6 Å². The fraction of sp³-hybridized carbons (Fsp3) is 0.250. The second kappa shape index (κ2) is 5.31. The predicted molar refractivity (Wildman–Crippen MR) is 86.8 cm³/mol. The normalized spacial score (nSPS) is 15.4. The first-order chi connectivity index (χ1) is 10.8. The number of hydrogen-bond acceptors (Lipinski definition) is 5. The van der Waals surface area contributed by atoms with E-state index in [1.807, 2.05) is 30.7 Å². The van der Waals surface area contributed by atoms with Crippen molar-refractivity contribution in [2.45, 2.75) is 0 Å². The van der Waals surface area contributed by atoms with Crippen LogP contribution in [0.25, 0.3) is 22.2 Å². The van der Waals surface area contributed by atoms with Crippen LogP contribution in [0.1, 0.15) is 0 Å². The minimum absolute atomic E-state index is 0.520. The maximum Gasteiger partial charge on any atom is 0.126 e. The fourth-order valence-corrected chi connectivity index (χ4v) is 2.86. The molecule has 6 nitrogen and oxygen atoms in total. The van der Waals surface area contributed by atoms with Gasteiger partial charge in [0.25, 0.3) is 0 Å². The van der Waals surface area contributed by atoms with Crippen molar-refractivity contribution in [2.24, 2.45) is 0 Å². The van der Waals surface area contributed by atoms with Gasteiger partial charge in [-0.25, -0.2) is 4.98 Å². The maximum atomic E-state index is 6.03. The average molecular weight is 295 g/mol. The Labute approximate surface area is 127 Å². The third kappa shape index (κ3) is 2.27. The monoisotopic (exact) mass is 295 g/mol. The van der Waals surface area contributed by atoms with Crippen LogP contribution in [-0.4, -0.2) is 41.3 Å². The van der Waals surface area contributed by atoms with Gasteiger partial charge in [-0.3, -0.25) is 4.98 Å². The minimum Gasteiger partial charge on any atom is -0.384 e. The van der Waals surface area contributed by atoms with Gasteiger partial charge in [-0.05, 0) is 12.1 Å². The average Bonchev–Trinajstić information content (AvgIpc) is 3.03. The van der Waals surface area contributed by atoms with Gasteiger partial charge in [0.15, 0.2) is 0 Å². The van der Waals surface area contributed by atoms with Crippen molar-refractivity contribution in [1.82, 2.24) is 15.0 Å². The Kier molecular flexibility index (Phi) is 3.16. The Bertz CT molecular complexity index is 807. The molecule has 3 aromatic heterocycles. The molecule has 112 valence electrons. The van der Waals surface area contributed by atoms with Crippen molar-refractivity contribution >= 4 is 22.4 Å². The quantitative estimate of drug-likeness (QED) is 0.756. The summed E-state index contributed by atoms with van der Waals surface area (Å²) in [6.07, 6.45) is 5.56. The van der Waals surface area contributed by atoms with Crippen molar-refractivity contribution in [1.29, 1.82) is 0 Å². The van der Waals surface area contributed by atoms with E-state index in [1.165, 1.54) is 0 Å². The van der Waals surface area contributed by atoms with Crippen molar-refractivity contribution in [3.05, 3.63) is 36.8 Å². The predicted octanol–water partition coefficient (Wildman–Crippen LogP) is 2.04. The number of pyridine rings is 2. The number of nitrogen functional groups attached to an aromatic ring is 1. The van der Waals surface area contributed by atoms with Gasteiger partial charge in [-0.1, -0.05) is 0 Å². The van der Waals surface area contributed by atoms with E-state index in [0.29, 0.717) is 5.82 Å². The molecule has 4 heterocycles. The van der Waals surface area contributed by atoms with Crippen LogP contribution in [0.15, 0.2) is 36.8 Å². The molecule has 4 rings (SSSR count). The largest absolute Gasteiger partial charge is 0.384 e. The first-order valence-electron chi connectivity index (χ1n) is 7.33. The number of H-pyrrole nitrogens is 1. The highest BCUT2D eigenvalue weighted by Crippen LogP contribution is 2.30. The Balaban J connectivity index is 1.81. The summed E-state index contributed by atoms with van der Waals surface area (Å²) in [6.45, 7) is 3.23. The molecule has 1 fully saturated rings. The molecule has 0 atom stereocenters. The summed E-state index contributed by atoms with van der Waals surface area (Å²) in [7, 11) is 0. The van der Waals surface area contributed by atoms with E-state index >= 15 is 0 Å². The number of aromatic amines is 1. The van der Waals surface area contributed by atoms with Crippen LogP contribution in [0.4, 0.5) is 11.5 Å². The van der Waals surface area contributed by atoms with Crippen LogP contribution in [0, 0.1) is 0 Å². The zero-order valence-corrected chi connectivity index (χ0v) is 12.1. The molecular weight excluding hydrogens is 278 g/mol. The van der Waals surface area contributed by atoms with Gasteiger partial charge in [0.2, 0.25) is 0 Å². The number of nitrogens with zero attached hydrogens (tertiary/aromatic N) is 3. The van der Waals surface area contributed by atoms with Crippen molar-refractivity contribution in [3.8, 4) is 11.3 Å². The molecule has 1 aliphatic rings. The van der Waals surface area contributed by atoms with E-state index < -0.39 is 0 Å². The molecule has 1 aliphatic heterocycles. The Hall–Kier alpha value is -2.60. The van der Waals surface area contributed by atoms with E-state index in [-0.39, 0.29) is 0 Å². The number of rotatable bonds is 2. The number of anilines is 2. The third-order valence-electron chi connectivity index (χ3n) is 3.96.